The van der Waals surface area contributed by atoms with Crippen LogP contribution in [0.1, 0.15) is 16.1 Å². The van der Waals surface area contributed by atoms with Gasteiger partial charge in [-0.05, 0) is 61.5 Å². The largest absolute Gasteiger partial charge is 0.497 e. The second-order valence-corrected chi connectivity index (χ2v) is 9.36. The molecule has 0 saturated carbocycles. The maximum atomic E-state index is 13.1. The fourth-order valence-electron chi connectivity index (χ4n) is 4.42. The van der Waals surface area contributed by atoms with Crippen molar-refractivity contribution < 1.29 is 9.53 Å². The summed E-state index contributed by atoms with van der Waals surface area (Å²) in [7, 11) is 1.69. The van der Waals surface area contributed by atoms with Crippen molar-refractivity contribution in [3.63, 3.8) is 0 Å². The monoisotopic (exact) mass is 475 g/mol. The number of nitrogens with zero attached hydrogens (tertiary/aromatic N) is 4. The number of aromatic nitrogens is 2. The van der Waals surface area contributed by atoms with E-state index in [-0.39, 0.29) is 5.91 Å². The van der Waals surface area contributed by atoms with Gasteiger partial charge in [0.25, 0.3) is 5.91 Å². The van der Waals surface area contributed by atoms with Crippen LogP contribution in [-0.4, -0.2) is 66.7 Å². The number of anilines is 1. The minimum absolute atomic E-state index is 0.0315. The number of hydrogen-bond acceptors (Lipinski definition) is 6. The average molecular weight is 476 g/mol. The van der Waals surface area contributed by atoms with Gasteiger partial charge in [-0.2, -0.15) is 0 Å². The number of fused-ring (bicyclic) bond motifs is 1. The number of carbonyl (C=O) groups is 1. The molecule has 0 spiro atoms. The van der Waals surface area contributed by atoms with Crippen molar-refractivity contribution in [3.8, 4) is 11.4 Å². The third-order valence-corrected chi connectivity index (χ3v) is 7.36. The van der Waals surface area contributed by atoms with Crippen LogP contribution in [-0.2, 0) is 0 Å². The molecule has 1 amide bonds. The number of pyridine rings is 1. The van der Waals surface area contributed by atoms with Crippen LogP contribution in [0, 0.1) is 0 Å². The van der Waals surface area contributed by atoms with Gasteiger partial charge in [0.05, 0.1) is 12.8 Å². The zero-order chi connectivity index (χ0) is 23.3. The van der Waals surface area contributed by atoms with Crippen LogP contribution in [0.2, 0.25) is 0 Å². The van der Waals surface area contributed by atoms with Crippen molar-refractivity contribution in [2.45, 2.75) is 6.42 Å². The molecule has 0 aliphatic carbocycles. The van der Waals surface area contributed by atoms with E-state index < -0.39 is 0 Å². The predicted octanol–water partition coefficient (Wildman–Crippen LogP) is 4.04. The van der Waals surface area contributed by atoms with Gasteiger partial charge in [0.15, 0.2) is 0 Å². The molecule has 8 heteroatoms. The zero-order valence-corrected chi connectivity index (χ0v) is 20.1. The van der Waals surface area contributed by atoms with E-state index in [1.54, 1.807) is 13.3 Å². The van der Waals surface area contributed by atoms with Gasteiger partial charge in [0, 0.05) is 62.4 Å². The van der Waals surface area contributed by atoms with E-state index >= 15 is 0 Å². The molecule has 0 radical (unpaired) electrons. The lowest BCUT2D eigenvalue weighted by molar-refractivity contribution is 0.0955. The maximum absolute atomic E-state index is 13.1. The third-order valence-electron chi connectivity index (χ3n) is 6.26. The highest BCUT2D eigenvalue weighted by Gasteiger charge is 2.20. The topological polar surface area (TPSA) is 62.6 Å². The molecule has 0 bridgehead atoms. The van der Waals surface area contributed by atoms with E-state index in [0.717, 1.165) is 60.8 Å². The van der Waals surface area contributed by atoms with E-state index in [1.165, 1.54) is 17.0 Å². The van der Waals surface area contributed by atoms with Gasteiger partial charge in [-0.15, -0.1) is 11.3 Å². The molecule has 4 heterocycles. The van der Waals surface area contributed by atoms with Crippen LogP contribution >= 0.6 is 11.3 Å². The number of nitrogens with one attached hydrogen (secondary N) is 1. The molecule has 1 aromatic carbocycles. The summed E-state index contributed by atoms with van der Waals surface area (Å²) in [4.78, 5) is 24.0. The number of carbonyl (C=O) groups excluding carboxylic acids is 1. The molecule has 1 aliphatic heterocycles. The Kier molecular flexibility index (Phi) is 6.78. The van der Waals surface area contributed by atoms with Crippen LogP contribution in [0.15, 0.2) is 67.1 Å². The van der Waals surface area contributed by atoms with Crippen molar-refractivity contribution in [2.75, 3.05) is 51.3 Å². The number of hydrogen-bond donors (Lipinski definition) is 1. The molecule has 5 rings (SSSR count). The van der Waals surface area contributed by atoms with Crippen LogP contribution in [0.5, 0.6) is 5.75 Å². The molecule has 0 unspecified atom stereocenters. The van der Waals surface area contributed by atoms with Gasteiger partial charge in [-0.1, -0.05) is 0 Å². The van der Waals surface area contributed by atoms with Crippen molar-refractivity contribution in [1.82, 2.24) is 19.8 Å². The summed E-state index contributed by atoms with van der Waals surface area (Å²) in [5.41, 5.74) is 2.15. The van der Waals surface area contributed by atoms with E-state index in [0.29, 0.717) is 11.4 Å². The quantitative estimate of drug-likeness (QED) is 0.390. The number of methoxy groups -OCH3 is 1. The smallest absolute Gasteiger partial charge is 0.263 e. The molecule has 0 atom stereocenters. The molecular formula is C26H29N5O2S. The summed E-state index contributed by atoms with van der Waals surface area (Å²) in [5, 5.41) is 4.13. The van der Waals surface area contributed by atoms with Crippen molar-refractivity contribution in [2.24, 2.45) is 0 Å². The summed E-state index contributed by atoms with van der Waals surface area (Å²) >= 11 is 1.45. The lowest BCUT2D eigenvalue weighted by Gasteiger charge is -2.36. The molecule has 176 valence electrons. The third kappa shape index (κ3) is 4.78. The van der Waals surface area contributed by atoms with E-state index in [9.17, 15) is 4.79 Å². The number of rotatable bonds is 8. The van der Waals surface area contributed by atoms with Gasteiger partial charge in [-0.3, -0.25) is 9.69 Å². The Hall–Kier alpha value is -3.36. The zero-order valence-electron chi connectivity index (χ0n) is 19.3. The average Bonchev–Trinajstić information content (AvgIpc) is 3.55. The first-order valence-corrected chi connectivity index (χ1v) is 12.4. The second kappa shape index (κ2) is 10.3. The molecular weight excluding hydrogens is 446 g/mol. The predicted molar refractivity (Wildman–Crippen MR) is 138 cm³/mol. The number of thiophene rings is 1. The van der Waals surface area contributed by atoms with Gasteiger partial charge >= 0.3 is 0 Å². The van der Waals surface area contributed by atoms with Crippen molar-refractivity contribution >= 4 is 33.1 Å². The lowest BCUT2D eigenvalue weighted by atomic mass is 10.2. The van der Waals surface area contributed by atoms with E-state index in [1.807, 2.05) is 53.4 Å². The van der Waals surface area contributed by atoms with Crippen LogP contribution in [0.4, 0.5) is 5.69 Å². The van der Waals surface area contributed by atoms with Gasteiger partial charge in [0.2, 0.25) is 0 Å². The Morgan fingerprint density at radius 2 is 1.82 bits per heavy atom. The first-order chi connectivity index (χ1) is 16.7. The van der Waals surface area contributed by atoms with E-state index in [4.69, 9.17) is 4.74 Å². The minimum Gasteiger partial charge on any atom is -0.497 e. The first-order valence-electron chi connectivity index (χ1n) is 11.6. The Morgan fingerprint density at radius 3 is 2.56 bits per heavy atom. The van der Waals surface area contributed by atoms with Gasteiger partial charge < -0.3 is 19.5 Å². The summed E-state index contributed by atoms with van der Waals surface area (Å²) < 4.78 is 7.25. The van der Waals surface area contributed by atoms with Crippen molar-refractivity contribution in [3.05, 3.63) is 72.0 Å². The van der Waals surface area contributed by atoms with Gasteiger partial charge in [-0.25, -0.2) is 4.98 Å². The van der Waals surface area contributed by atoms with Crippen LogP contribution < -0.4 is 15.0 Å². The molecule has 3 aromatic heterocycles. The highest BCUT2D eigenvalue weighted by Crippen LogP contribution is 2.33. The Bertz CT molecular complexity index is 1230. The molecule has 1 fully saturated rings. The maximum Gasteiger partial charge on any atom is 0.263 e. The lowest BCUT2D eigenvalue weighted by Crippen LogP contribution is -2.47. The standard InChI is InChI=1S/C26H29N5O2S/c1-33-21-9-7-20(8-10-21)30-18-16-29(17-19-30)13-5-12-27-25(32)24-23(31-14-2-3-15-31)22-6-4-11-28-26(22)34-24/h2-4,6-11,14-15H,5,12-13,16-19H2,1H3,(H,27,32). The Balaban J connectivity index is 1.12. The van der Waals surface area contributed by atoms with Crippen LogP contribution in [0.3, 0.4) is 0 Å². The summed E-state index contributed by atoms with van der Waals surface area (Å²) in [5.74, 6) is 0.854. The molecule has 1 N–H and O–H groups in total. The fourth-order valence-corrected chi connectivity index (χ4v) is 5.48. The molecule has 1 saturated heterocycles. The summed E-state index contributed by atoms with van der Waals surface area (Å²) in [6.45, 7) is 5.71. The highest BCUT2D eigenvalue weighted by molar-refractivity contribution is 7.21. The van der Waals surface area contributed by atoms with Gasteiger partial charge in [0.1, 0.15) is 15.5 Å². The number of amides is 1. The minimum atomic E-state index is -0.0315. The first kappa shape index (κ1) is 22.4. The Morgan fingerprint density at radius 1 is 1.06 bits per heavy atom. The number of ether oxygens (including phenoxy) is 1. The number of piperazine rings is 1. The fraction of sp³-hybridized carbons (Fsp3) is 0.308. The summed E-state index contributed by atoms with van der Waals surface area (Å²) in [6, 6.07) is 16.1. The van der Waals surface area contributed by atoms with E-state index in [2.05, 4.69) is 32.2 Å². The van der Waals surface area contributed by atoms with Crippen molar-refractivity contribution in [1.29, 1.82) is 0 Å². The molecule has 4 aromatic rings. The molecule has 1 aliphatic rings. The molecule has 34 heavy (non-hydrogen) atoms. The highest BCUT2D eigenvalue weighted by atomic mass is 32.1. The number of benzene rings is 1. The molecule has 7 nitrogen and oxygen atoms in total. The van der Waals surface area contributed by atoms with Crippen LogP contribution in [0.25, 0.3) is 15.9 Å². The normalized spacial score (nSPS) is 14.4. The Labute approximate surface area is 203 Å². The second-order valence-electron chi connectivity index (χ2n) is 8.36. The summed E-state index contributed by atoms with van der Waals surface area (Å²) in [6.07, 6.45) is 6.64. The SMILES string of the molecule is COc1ccc(N2CCN(CCCNC(=O)c3sc4ncccc4c3-n3cccc3)CC2)cc1.